The summed E-state index contributed by atoms with van der Waals surface area (Å²) in [6.45, 7) is 6.05. The Labute approximate surface area is 118 Å². The number of rotatable bonds is 9. The maximum Gasteiger partial charge on any atom is 0.223 e. The zero-order chi connectivity index (χ0) is 14.1. The molecule has 0 aliphatic heterocycles. The van der Waals surface area contributed by atoms with Crippen LogP contribution >= 0.6 is 0 Å². The van der Waals surface area contributed by atoms with Gasteiger partial charge in [-0.15, -0.1) is 0 Å². The first-order valence-corrected chi connectivity index (χ1v) is 8.13. The van der Waals surface area contributed by atoms with Crippen LogP contribution in [-0.2, 0) is 4.79 Å². The molecule has 2 unspecified atom stereocenters. The van der Waals surface area contributed by atoms with E-state index in [-0.39, 0.29) is 11.8 Å². The fraction of sp³-hybridized carbons (Fsp3) is 0.938. The van der Waals surface area contributed by atoms with E-state index >= 15 is 0 Å². The zero-order valence-electron chi connectivity index (χ0n) is 12.8. The number of hydrogen-bond donors (Lipinski definition) is 2. The van der Waals surface area contributed by atoms with Crippen molar-refractivity contribution in [3.63, 3.8) is 0 Å². The molecule has 1 amide bonds. The minimum absolute atomic E-state index is 0.186. The molecule has 0 aromatic carbocycles. The molecule has 3 heteroatoms. The van der Waals surface area contributed by atoms with Gasteiger partial charge in [-0.1, -0.05) is 46.0 Å². The predicted octanol–water partition coefficient (Wildman–Crippen LogP) is 3.08. The first kappa shape index (κ1) is 16.5. The second-order valence-electron chi connectivity index (χ2n) is 6.42. The standard InChI is InChI=1S/C16H32N2O/c1-13(2)8-5-3-4-6-11-18-16(19)15-10-7-9-14(15)12-17/h13-15H,3-12,17H2,1-2H3,(H,18,19). The van der Waals surface area contributed by atoms with Gasteiger partial charge in [-0.05, 0) is 37.6 Å². The topological polar surface area (TPSA) is 55.1 Å². The van der Waals surface area contributed by atoms with Gasteiger partial charge in [0.2, 0.25) is 5.91 Å². The Bertz CT molecular complexity index is 253. The Morgan fingerprint density at radius 2 is 1.95 bits per heavy atom. The van der Waals surface area contributed by atoms with E-state index in [1.807, 2.05) is 0 Å². The lowest BCUT2D eigenvalue weighted by molar-refractivity contribution is -0.125. The summed E-state index contributed by atoms with van der Waals surface area (Å²) in [5, 5.41) is 3.09. The first-order valence-electron chi connectivity index (χ1n) is 8.13. The van der Waals surface area contributed by atoms with Gasteiger partial charge in [0.15, 0.2) is 0 Å². The van der Waals surface area contributed by atoms with Crippen LogP contribution in [-0.4, -0.2) is 19.0 Å². The van der Waals surface area contributed by atoms with Crippen molar-refractivity contribution in [2.75, 3.05) is 13.1 Å². The minimum Gasteiger partial charge on any atom is -0.356 e. The number of carbonyl (C=O) groups excluding carboxylic acids is 1. The molecule has 1 rings (SSSR count). The molecule has 1 saturated carbocycles. The first-order chi connectivity index (χ1) is 9.15. The van der Waals surface area contributed by atoms with Gasteiger partial charge in [-0.2, -0.15) is 0 Å². The van der Waals surface area contributed by atoms with E-state index in [2.05, 4.69) is 19.2 Å². The predicted molar refractivity (Wildman–Crippen MR) is 80.8 cm³/mol. The fourth-order valence-corrected chi connectivity index (χ4v) is 3.04. The van der Waals surface area contributed by atoms with Gasteiger partial charge in [0, 0.05) is 12.5 Å². The summed E-state index contributed by atoms with van der Waals surface area (Å²) >= 11 is 0. The summed E-state index contributed by atoms with van der Waals surface area (Å²) in [7, 11) is 0. The summed E-state index contributed by atoms with van der Waals surface area (Å²) in [5.74, 6) is 1.67. The maximum absolute atomic E-state index is 12.0. The quantitative estimate of drug-likeness (QED) is 0.631. The third-order valence-corrected chi connectivity index (χ3v) is 4.31. The molecule has 0 aromatic heterocycles. The Balaban J connectivity index is 2.01. The molecule has 2 atom stereocenters. The molecule has 0 bridgehead atoms. The molecule has 1 fully saturated rings. The third kappa shape index (κ3) is 6.42. The molecule has 3 nitrogen and oxygen atoms in total. The lowest BCUT2D eigenvalue weighted by Gasteiger charge is -2.17. The molecule has 0 spiro atoms. The number of nitrogens with one attached hydrogen (secondary N) is 1. The highest BCUT2D eigenvalue weighted by Crippen LogP contribution is 2.30. The number of carbonyl (C=O) groups is 1. The fourth-order valence-electron chi connectivity index (χ4n) is 3.04. The van der Waals surface area contributed by atoms with E-state index in [0.29, 0.717) is 12.5 Å². The van der Waals surface area contributed by atoms with Crippen molar-refractivity contribution in [2.24, 2.45) is 23.5 Å². The SMILES string of the molecule is CC(C)CCCCCCNC(=O)C1CCCC1CN. The van der Waals surface area contributed by atoms with Gasteiger partial charge in [-0.3, -0.25) is 4.79 Å². The van der Waals surface area contributed by atoms with Gasteiger partial charge in [-0.25, -0.2) is 0 Å². The van der Waals surface area contributed by atoms with Gasteiger partial charge in [0.05, 0.1) is 0 Å². The third-order valence-electron chi connectivity index (χ3n) is 4.31. The minimum atomic E-state index is 0.186. The van der Waals surface area contributed by atoms with Gasteiger partial charge < -0.3 is 11.1 Å². The van der Waals surface area contributed by atoms with Gasteiger partial charge in [0.1, 0.15) is 0 Å². The Hall–Kier alpha value is -0.570. The van der Waals surface area contributed by atoms with E-state index in [9.17, 15) is 4.79 Å². The number of unbranched alkanes of at least 4 members (excludes halogenated alkanes) is 3. The van der Waals surface area contributed by atoms with Crippen LogP contribution in [0, 0.1) is 17.8 Å². The Kier molecular flexibility index (Phi) is 8.11. The molecule has 0 aromatic rings. The van der Waals surface area contributed by atoms with Crippen LogP contribution in [0.4, 0.5) is 0 Å². The molecule has 0 saturated heterocycles. The van der Waals surface area contributed by atoms with Crippen LogP contribution in [0.1, 0.15) is 65.2 Å². The summed E-state index contributed by atoms with van der Waals surface area (Å²) < 4.78 is 0. The van der Waals surface area contributed by atoms with E-state index in [0.717, 1.165) is 38.1 Å². The molecule has 1 aliphatic rings. The highest BCUT2D eigenvalue weighted by molar-refractivity contribution is 5.79. The van der Waals surface area contributed by atoms with Crippen molar-refractivity contribution < 1.29 is 4.79 Å². The molecule has 0 radical (unpaired) electrons. The van der Waals surface area contributed by atoms with Gasteiger partial charge >= 0.3 is 0 Å². The van der Waals surface area contributed by atoms with Crippen molar-refractivity contribution in [2.45, 2.75) is 65.2 Å². The van der Waals surface area contributed by atoms with Crippen molar-refractivity contribution in [1.29, 1.82) is 0 Å². The average Bonchev–Trinajstić information content (AvgIpc) is 2.85. The van der Waals surface area contributed by atoms with E-state index < -0.39 is 0 Å². The number of nitrogens with two attached hydrogens (primary N) is 1. The van der Waals surface area contributed by atoms with Crippen molar-refractivity contribution in [3.8, 4) is 0 Å². The van der Waals surface area contributed by atoms with Crippen LogP contribution < -0.4 is 11.1 Å². The van der Waals surface area contributed by atoms with E-state index in [1.165, 1.54) is 25.7 Å². The van der Waals surface area contributed by atoms with Crippen molar-refractivity contribution >= 4 is 5.91 Å². The molecule has 3 N–H and O–H groups in total. The second-order valence-corrected chi connectivity index (χ2v) is 6.42. The monoisotopic (exact) mass is 268 g/mol. The van der Waals surface area contributed by atoms with Crippen LogP contribution in [0.15, 0.2) is 0 Å². The summed E-state index contributed by atoms with van der Waals surface area (Å²) in [5.41, 5.74) is 5.72. The molecular weight excluding hydrogens is 236 g/mol. The van der Waals surface area contributed by atoms with Crippen LogP contribution in [0.5, 0.6) is 0 Å². The van der Waals surface area contributed by atoms with Crippen molar-refractivity contribution in [1.82, 2.24) is 5.32 Å². The number of amides is 1. The van der Waals surface area contributed by atoms with E-state index in [4.69, 9.17) is 5.73 Å². The normalized spacial score (nSPS) is 22.9. The largest absolute Gasteiger partial charge is 0.356 e. The van der Waals surface area contributed by atoms with Crippen LogP contribution in [0.2, 0.25) is 0 Å². The smallest absolute Gasteiger partial charge is 0.223 e. The average molecular weight is 268 g/mol. The molecule has 19 heavy (non-hydrogen) atoms. The van der Waals surface area contributed by atoms with Crippen molar-refractivity contribution in [3.05, 3.63) is 0 Å². The Morgan fingerprint density at radius 1 is 1.21 bits per heavy atom. The second kappa shape index (κ2) is 9.35. The van der Waals surface area contributed by atoms with E-state index in [1.54, 1.807) is 0 Å². The Morgan fingerprint density at radius 3 is 2.63 bits per heavy atom. The van der Waals surface area contributed by atoms with Crippen LogP contribution in [0.3, 0.4) is 0 Å². The maximum atomic E-state index is 12.0. The molecule has 112 valence electrons. The molecule has 1 aliphatic carbocycles. The molecular formula is C16H32N2O. The summed E-state index contributed by atoms with van der Waals surface area (Å²) in [4.78, 5) is 12.0. The lowest BCUT2D eigenvalue weighted by atomic mass is 9.95. The summed E-state index contributed by atoms with van der Waals surface area (Å²) in [6.07, 6.45) is 9.61. The summed E-state index contributed by atoms with van der Waals surface area (Å²) in [6, 6.07) is 0. The molecule has 0 heterocycles. The highest BCUT2D eigenvalue weighted by Gasteiger charge is 2.31. The number of hydrogen-bond acceptors (Lipinski definition) is 2. The zero-order valence-corrected chi connectivity index (χ0v) is 12.8. The highest BCUT2D eigenvalue weighted by atomic mass is 16.1. The van der Waals surface area contributed by atoms with Crippen LogP contribution in [0.25, 0.3) is 0 Å². The lowest BCUT2D eigenvalue weighted by Crippen LogP contribution is -2.35. The van der Waals surface area contributed by atoms with Gasteiger partial charge in [0.25, 0.3) is 0 Å².